The second-order valence-electron chi connectivity index (χ2n) is 6.48. The third kappa shape index (κ3) is 5.62. The van der Waals surface area contributed by atoms with Crippen LogP contribution in [0.3, 0.4) is 0 Å². The molecule has 2 amide bonds. The second-order valence-corrected chi connectivity index (χ2v) is 7.32. The van der Waals surface area contributed by atoms with E-state index in [9.17, 15) is 9.18 Å². The number of hydrogen-bond donors (Lipinski definition) is 1. The lowest BCUT2D eigenvalue weighted by molar-refractivity contribution is 0.214. The highest BCUT2D eigenvalue weighted by Gasteiger charge is 2.16. The molecule has 0 aliphatic carbocycles. The van der Waals surface area contributed by atoms with Crippen molar-refractivity contribution in [3.8, 4) is 0 Å². The zero-order valence-corrected chi connectivity index (χ0v) is 17.1. The van der Waals surface area contributed by atoms with Gasteiger partial charge in [0.2, 0.25) is 0 Å². The van der Waals surface area contributed by atoms with Crippen molar-refractivity contribution < 1.29 is 9.18 Å². The number of urea groups is 1. The van der Waals surface area contributed by atoms with Crippen LogP contribution in [0, 0.1) is 5.82 Å². The smallest absolute Gasteiger partial charge is 0.322 e. The molecule has 0 aliphatic heterocycles. The first-order chi connectivity index (χ1) is 14.0. The standard InChI is InChI=1S/C22H20Cl2FN3O/c1-2-11-28(22(29)26-21-10-7-17(23)13-20(21)24)15-19-4-3-12-27(19)14-16-5-8-18(25)9-6-16/h2-10,12-13H,1,11,14-15H2,(H,26,29). The lowest BCUT2D eigenvalue weighted by Crippen LogP contribution is -2.35. The number of carbonyl (C=O) groups is 1. The molecule has 150 valence electrons. The van der Waals surface area contributed by atoms with Crippen molar-refractivity contribution in [3.05, 3.63) is 101 Å². The van der Waals surface area contributed by atoms with Crippen molar-refractivity contribution in [2.75, 3.05) is 11.9 Å². The summed E-state index contributed by atoms with van der Waals surface area (Å²) in [6, 6.07) is 14.8. The molecular weight excluding hydrogens is 412 g/mol. The minimum Gasteiger partial charge on any atom is -0.345 e. The fourth-order valence-corrected chi connectivity index (χ4v) is 3.35. The predicted octanol–water partition coefficient (Wildman–Crippen LogP) is 6.20. The number of nitrogens with zero attached hydrogens (tertiary/aromatic N) is 2. The number of aromatic nitrogens is 1. The van der Waals surface area contributed by atoms with Gasteiger partial charge < -0.3 is 14.8 Å². The number of rotatable bonds is 7. The number of amides is 2. The molecule has 3 aromatic rings. The van der Waals surface area contributed by atoms with Crippen LogP contribution in [0.5, 0.6) is 0 Å². The molecule has 0 saturated heterocycles. The Morgan fingerprint density at radius 1 is 1.17 bits per heavy atom. The van der Waals surface area contributed by atoms with E-state index < -0.39 is 0 Å². The normalized spacial score (nSPS) is 10.6. The second kappa shape index (κ2) is 9.63. The van der Waals surface area contributed by atoms with E-state index in [0.717, 1.165) is 11.3 Å². The molecule has 1 N–H and O–H groups in total. The maximum Gasteiger partial charge on any atom is 0.322 e. The van der Waals surface area contributed by atoms with E-state index >= 15 is 0 Å². The van der Waals surface area contributed by atoms with E-state index in [1.54, 1.807) is 41.3 Å². The van der Waals surface area contributed by atoms with E-state index in [1.807, 2.05) is 22.9 Å². The third-order valence-electron chi connectivity index (χ3n) is 4.35. The quantitative estimate of drug-likeness (QED) is 0.444. The number of nitrogens with one attached hydrogen (secondary N) is 1. The molecule has 1 aromatic heterocycles. The molecule has 0 saturated carbocycles. The van der Waals surface area contributed by atoms with Crippen molar-refractivity contribution in [1.29, 1.82) is 0 Å². The van der Waals surface area contributed by atoms with Crippen molar-refractivity contribution in [1.82, 2.24) is 9.47 Å². The summed E-state index contributed by atoms with van der Waals surface area (Å²) in [7, 11) is 0. The molecule has 2 aromatic carbocycles. The Balaban J connectivity index is 1.73. The van der Waals surface area contributed by atoms with Crippen LogP contribution in [0.4, 0.5) is 14.9 Å². The van der Waals surface area contributed by atoms with E-state index in [0.29, 0.717) is 35.4 Å². The van der Waals surface area contributed by atoms with Gasteiger partial charge >= 0.3 is 6.03 Å². The Labute approximate surface area is 179 Å². The summed E-state index contributed by atoms with van der Waals surface area (Å²) < 4.78 is 15.2. The fourth-order valence-electron chi connectivity index (χ4n) is 2.89. The minimum atomic E-state index is -0.302. The first-order valence-electron chi connectivity index (χ1n) is 8.96. The van der Waals surface area contributed by atoms with Gasteiger partial charge in [-0.25, -0.2) is 9.18 Å². The molecular formula is C22H20Cl2FN3O. The average Bonchev–Trinajstić information content (AvgIpc) is 3.12. The highest BCUT2D eigenvalue weighted by molar-refractivity contribution is 6.36. The third-order valence-corrected chi connectivity index (χ3v) is 4.90. The van der Waals surface area contributed by atoms with Crippen molar-refractivity contribution in [2.24, 2.45) is 0 Å². The molecule has 0 unspecified atom stereocenters. The highest BCUT2D eigenvalue weighted by atomic mass is 35.5. The van der Waals surface area contributed by atoms with E-state index in [4.69, 9.17) is 23.2 Å². The molecule has 0 spiro atoms. The molecule has 0 atom stereocenters. The predicted molar refractivity (Wildman–Crippen MR) is 116 cm³/mol. The number of halogens is 3. The van der Waals surface area contributed by atoms with Crippen LogP contribution in [-0.2, 0) is 13.1 Å². The Bertz CT molecular complexity index is 1000. The first kappa shape index (κ1) is 21.0. The fraction of sp³-hybridized carbons (Fsp3) is 0.136. The molecule has 1 heterocycles. The molecule has 29 heavy (non-hydrogen) atoms. The molecule has 4 nitrogen and oxygen atoms in total. The van der Waals surface area contributed by atoms with Crippen LogP contribution in [-0.4, -0.2) is 22.0 Å². The van der Waals surface area contributed by atoms with Crippen LogP contribution in [0.25, 0.3) is 0 Å². The molecule has 0 radical (unpaired) electrons. The summed E-state index contributed by atoms with van der Waals surface area (Å²) in [5, 5.41) is 3.67. The van der Waals surface area contributed by atoms with E-state index in [-0.39, 0.29) is 11.8 Å². The molecule has 0 fully saturated rings. The van der Waals surface area contributed by atoms with Crippen molar-refractivity contribution in [2.45, 2.75) is 13.1 Å². The van der Waals surface area contributed by atoms with Crippen LogP contribution >= 0.6 is 23.2 Å². The number of hydrogen-bond acceptors (Lipinski definition) is 1. The van der Waals surface area contributed by atoms with Crippen molar-refractivity contribution >= 4 is 34.9 Å². The molecule has 0 bridgehead atoms. The Morgan fingerprint density at radius 2 is 1.93 bits per heavy atom. The Kier molecular flexibility index (Phi) is 6.96. The van der Waals surface area contributed by atoms with Crippen LogP contribution in [0.1, 0.15) is 11.3 Å². The van der Waals surface area contributed by atoms with E-state index in [2.05, 4.69) is 11.9 Å². The van der Waals surface area contributed by atoms with Crippen molar-refractivity contribution in [3.63, 3.8) is 0 Å². The number of carbonyl (C=O) groups excluding carboxylic acids is 1. The first-order valence-corrected chi connectivity index (χ1v) is 9.72. The van der Waals surface area contributed by atoms with E-state index in [1.165, 1.54) is 12.1 Å². The van der Waals surface area contributed by atoms with Crippen LogP contribution in [0.15, 0.2) is 73.4 Å². The lowest BCUT2D eigenvalue weighted by atomic mass is 10.2. The van der Waals surface area contributed by atoms with Gasteiger partial charge in [0.05, 0.1) is 17.3 Å². The van der Waals surface area contributed by atoms with Gasteiger partial charge in [0.15, 0.2) is 0 Å². The van der Waals surface area contributed by atoms with Crippen LogP contribution in [0.2, 0.25) is 10.0 Å². The largest absolute Gasteiger partial charge is 0.345 e. The molecule has 3 rings (SSSR count). The summed E-state index contributed by atoms with van der Waals surface area (Å²) in [6.45, 7) is 5.05. The van der Waals surface area contributed by atoms with Gasteiger partial charge in [-0.15, -0.1) is 6.58 Å². The summed E-state index contributed by atoms with van der Waals surface area (Å²) >= 11 is 12.1. The Morgan fingerprint density at radius 3 is 2.62 bits per heavy atom. The monoisotopic (exact) mass is 431 g/mol. The van der Waals surface area contributed by atoms with Crippen LogP contribution < -0.4 is 5.32 Å². The van der Waals surface area contributed by atoms with Gasteiger partial charge in [-0.1, -0.05) is 41.4 Å². The number of benzene rings is 2. The average molecular weight is 432 g/mol. The Hall–Kier alpha value is -2.76. The highest BCUT2D eigenvalue weighted by Crippen LogP contribution is 2.25. The van der Waals surface area contributed by atoms with Gasteiger partial charge in [0, 0.05) is 30.0 Å². The SMILES string of the molecule is C=CCN(Cc1cccn1Cc1ccc(F)cc1)C(=O)Nc1ccc(Cl)cc1Cl. The van der Waals surface area contributed by atoms with Gasteiger partial charge in [-0.3, -0.25) is 0 Å². The van der Waals surface area contributed by atoms with Gasteiger partial charge in [0.25, 0.3) is 0 Å². The maximum absolute atomic E-state index is 13.1. The minimum absolute atomic E-state index is 0.267. The maximum atomic E-state index is 13.1. The molecule has 0 aliphatic rings. The van der Waals surface area contributed by atoms with Gasteiger partial charge in [-0.2, -0.15) is 0 Å². The number of anilines is 1. The summed E-state index contributed by atoms with van der Waals surface area (Å²) in [6.07, 6.45) is 3.59. The summed E-state index contributed by atoms with van der Waals surface area (Å²) in [5.41, 5.74) is 2.39. The van der Waals surface area contributed by atoms with Gasteiger partial charge in [0.1, 0.15) is 5.82 Å². The molecule has 7 heteroatoms. The topological polar surface area (TPSA) is 37.3 Å². The van der Waals surface area contributed by atoms with Gasteiger partial charge in [-0.05, 0) is 48.0 Å². The summed E-state index contributed by atoms with van der Waals surface area (Å²) in [5.74, 6) is -0.267. The summed E-state index contributed by atoms with van der Waals surface area (Å²) in [4.78, 5) is 14.4. The lowest BCUT2D eigenvalue weighted by Gasteiger charge is -2.23. The zero-order chi connectivity index (χ0) is 20.8. The zero-order valence-electron chi connectivity index (χ0n) is 15.6.